The van der Waals surface area contributed by atoms with Crippen LogP contribution in [0.2, 0.25) is 0 Å². The molecule has 0 radical (unpaired) electrons. The van der Waals surface area contributed by atoms with Gasteiger partial charge in [-0.25, -0.2) is 18.4 Å². The van der Waals surface area contributed by atoms with Gasteiger partial charge >= 0.3 is 0 Å². The van der Waals surface area contributed by atoms with Crippen LogP contribution in [0.1, 0.15) is 24.5 Å². The molecule has 0 fully saturated rings. The molecule has 1 N–H and O–H groups in total. The van der Waals surface area contributed by atoms with E-state index < -0.39 is 9.84 Å². The third-order valence-corrected chi connectivity index (χ3v) is 7.52. The highest BCUT2D eigenvalue weighted by Gasteiger charge is 2.18. The van der Waals surface area contributed by atoms with E-state index in [2.05, 4.69) is 27.4 Å². The number of anilines is 2. The highest BCUT2D eigenvalue weighted by atomic mass is 32.2. The van der Waals surface area contributed by atoms with Gasteiger partial charge in [0.15, 0.2) is 9.84 Å². The molecule has 0 unspecified atom stereocenters. The van der Waals surface area contributed by atoms with Gasteiger partial charge in [0, 0.05) is 30.5 Å². The van der Waals surface area contributed by atoms with E-state index >= 15 is 0 Å². The number of aromatic nitrogens is 2. The van der Waals surface area contributed by atoms with E-state index in [0.717, 1.165) is 40.2 Å². The van der Waals surface area contributed by atoms with Gasteiger partial charge in [0.25, 0.3) is 0 Å². The van der Waals surface area contributed by atoms with Gasteiger partial charge in [-0.3, -0.25) is 4.90 Å². The van der Waals surface area contributed by atoms with Crippen molar-refractivity contribution in [3.05, 3.63) is 71.9 Å². The van der Waals surface area contributed by atoms with Crippen molar-refractivity contribution in [2.24, 2.45) is 0 Å². The van der Waals surface area contributed by atoms with Gasteiger partial charge in [-0.15, -0.1) is 0 Å². The second kappa shape index (κ2) is 10.4. The van der Waals surface area contributed by atoms with Crippen molar-refractivity contribution in [1.82, 2.24) is 14.9 Å². The number of ether oxygens (including phenoxy) is 1. The zero-order valence-corrected chi connectivity index (χ0v) is 20.6. The normalized spacial score (nSPS) is 15.0. The summed E-state index contributed by atoms with van der Waals surface area (Å²) in [6, 6.07) is 13.2. The van der Waals surface area contributed by atoms with Gasteiger partial charge in [0.05, 0.1) is 22.9 Å². The fourth-order valence-corrected chi connectivity index (χ4v) is 4.98. The number of nitrogens with one attached hydrogen (secondary N) is 1. The summed E-state index contributed by atoms with van der Waals surface area (Å²) in [6.45, 7) is 5.40. The Morgan fingerprint density at radius 1 is 1.15 bits per heavy atom. The Balaban J connectivity index is 1.78. The number of likely N-dealkylation sites (N-methyl/N-ethyl adjacent to an activating group) is 1. The maximum absolute atomic E-state index is 12.7. The van der Waals surface area contributed by atoms with Gasteiger partial charge in [0.2, 0.25) is 5.95 Å². The van der Waals surface area contributed by atoms with Crippen LogP contribution in [0.5, 0.6) is 5.75 Å². The van der Waals surface area contributed by atoms with E-state index in [-0.39, 0.29) is 5.75 Å². The molecular weight excluding hydrogens is 448 g/mol. The van der Waals surface area contributed by atoms with Crippen LogP contribution in [0.15, 0.2) is 65.7 Å². The summed E-state index contributed by atoms with van der Waals surface area (Å²) in [5.74, 6) is 1.30. The highest BCUT2D eigenvalue weighted by Crippen LogP contribution is 2.28. The molecule has 0 aliphatic carbocycles. The molecule has 34 heavy (non-hydrogen) atoms. The summed E-state index contributed by atoms with van der Waals surface area (Å²) >= 11 is 0. The third kappa shape index (κ3) is 5.63. The topological polar surface area (TPSA) is 84.4 Å². The number of hydrogen-bond acceptors (Lipinski definition) is 7. The highest BCUT2D eigenvalue weighted by molar-refractivity contribution is 7.91. The minimum absolute atomic E-state index is 0.0554. The lowest BCUT2D eigenvalue weighted by atomic mass is 10.1. The third-order valence-electron chi connectivity index (χ3n) is 5.69. The Bertz CT molecular complexity index is 1310. The van der Waals surface area contributed by atoms with E-state index in [0.29, 0.717) is 30.5 Å². The summed E-state index contributed by atoms with van der Waals surface area (Å²) < 4.78 is 31.4. The number of rotatable bonds is 2. The standard InChI is InChI=1S/C26H30N4O3S/c1-4-34(31,32)24-12-11-22-15-21(24)18-30(3)13-6-5-7-14-33-23-10-8-9-20(16-23)25-19(2)17-27-26(28-22)29-25/h5-6,8-12,15-17H,4,7,13-14,18H2,1-3H3,(H,27,28,29). The quantitative estimate of drug-likeness (QED) is 0.532. The first-order valence-electron chi connectivity index (χ1n) is 11.4. The predicted molar refractivity (Wildman–Crippen MR) is 135 cm³/mol. The number of benzene rings is 2. The molecule has 0 saturated carbocycles. The number of hydrogen-bond donors (Lipinski definition) is 1. The second-order valence-electron chi connectivity index (χ2n) is 8.41. The molecule has 2 heterocycles. The van der Waals surface area contributed by atoms with Crippen molar-refractivity contribution in [2.75, 3.05) is 31.3 Å². The molecule has 0 atom stereocenters. The van der Waals surface area contributed by atoms with E-state index in [9.17, 15) is 8.42 Å². The lowest BCUT2D eigenvalue weighted by Gasteiger charge is -2.19. The maximum atomic E-state index is 12.7. The molecular formula is C26H30N4O3S. The molecule has 0 amide bonds. The van der Waals surface area contributed by atoms with Gasteiger partial charge in [-0.2, -0.15) is 0 Å². The fourth-order valence-electron chi connectivity index (χ4n) is 3.87. The Hall–Kier alpha value is -3.23. The SMILES string of the molecule is CCS(=O)(=O)c1ccc2cc1CN(C)CC=CCCOc1cccc(c1)-c1nc(ncc1C)N2. The van der Waals surface area contributed by atoms with E-state index in [1.54, 1.807) is 25.3 Å². The minimum Gasteiger partial charge on any atom is -0.493 e. The minimum atomic E-state index is -3.36. The Labute approximate surface area is 201 Å². The van der Waals surface area contributed by atoms with Crippen LogP contribution in [-0.2, 0) is 16.4 Å². The fraction of sp³-hybridized carbons (Fsp3) is 0.308. The van der Waals surface area contributed by atoms with Crippen LogP contribution < -0.4 is 10.1 Å². The van der Waals surface area contributed by atoms with Crippen LogP contribution in [0.25, 0.3) is 11.3 Å². The summed E-state index contributed by atoms with van der Waals surface area (Å²) in [7, 11) is -1.38. The molecule has 0 spiro atoms. The van der Waals surface area contributed by atoms with Gasteiger partial charge < -0.3 is 10.1 Å². The van der Waals surface area contributed by atoms with Crippen molar-refractivity contribution < 1.29 is 13.2 Å². The Kier molecular flexibility index (Phi) is 7.29. The van der Waals surface area contributed by atoms with Crippen molar-refractivity contribution in [1.29, 1.82) is 0 Å². The van der Waals surface area contributed by atoms with Crippen LogP contribution in [0.4, 0.5) is 11.6 Å². The molecule has 8 heteroatoms. The van der Waals surface area contributed by atoms with E-state index in [4.69, 9.17) is 9.72 Å². The summed E-state index contributed by atoms with van der Waals surface area (Å²) in [5, 5.41) is 3.25. The molecule has 0 saturated heterocycles. The molecule has 1 aliphatic heterocycles. The van der Waals surface area contributed by atoms with Crippen LogP contribution in [0.3, 0.4) is 0 Å². The number of nitrogens with zero attached hydrogens (tertiary/aromatic N) is 3. The zero-order chi connectivity index (χ0) is 24.1. The summed E-state index contributed by atoms with van der Waals surface area (Å²) in [6.07, 6.45) is 6.74. The average molecular weight is 479 g/mol. The molecule has 1 aliphatic rings. The van der Waals surface area contributed by atoms with Crippen molar-refractivity contribution in [3.8, 4) is 17.0 Å². The monoisotopic (exact) mass is 478 g/mol. The predicted octanol–water partition coefficient (Wildman–Crippen LogP) is 4.76. The summed E-state index contributed by atoms with van der Waals surface area (Å²) in [5.41, 5.74) is 4.19. The summed E-state index contributed by atoms with van der Waals surface area (Å²) in [4.78, 5) is 11.6. The van der Waals surface area contributed by atoms with E-state index in [1.165, 1.54) is 0 Å². The molecule has 1 aromatic heterocycles. The number of aryl methyl sites for hydroxylation is 1. The molecule has 3 aromatic rings. The van der Waals surface area contributed by atoms with Crippen LogP contribution in [-0.4, -0.2) is 49.2 Å². The smallest absolute Gasteiger partial charge is 0.227 e. The van der Waals surface area contributed by atoms with Crippen molar-refractivity contribution >= 4 is 21.5 Å². The number of sulfone groups is 1. The maximum Gasteiger partial charge on any atom is 0.227 e. The first kappa shape index (κ1) is 23.9. The van der Waals surface area contributed by atoms with Crippen LogP contribution in [0, 0.1) is 6.92 Å². The first-order valence-corrected chi connectivity index (χ1v) is 13.0. The second-order valence-corrected chi connectivity index (χ2v) is 10.7. The molecule has 4 rings (SSSR count). The van der Waals surface area contributed by atoms with Gasteiger partial charge in [-0.1, -0.05) is 31.2 Å². The van der Waals surface area contributed by atoms with E-state index in [1.807, 2.05) is 44.3 Å². The van der Waals surface area contributed by atoms with Crippen molar-refractivity contribution in [3.63, 3.8) is 0 Å². The molecule has 6 bridgehead atoms. The number of fused-ring (bicyclic) bond motifs is 7. The average Bonchev–Trinajstić information content (AvgIpc) is 2.82. The van der Waals surface area contributed by atoms with Gasteiger partial charge in [-0.05, 0) is 61.9 Å². The van der Waals surface area contributed by atoms with Crippen LogP contribution >= 0.6 is 0 Å². The Morgan fingerprint density at radius 3 is 2.82 bits per heavy atom. The molecule has 178 valence electrons. The largest absolute Gasteiger partial charge is 0.493 e. The lowest BCUT2D eigenvalue weighted by molar-refractivity contribution is 0.324. The zero-order valence-electron chi connectivity index (χ0n) is 19.8. The van der Waals surface area contributed by atoms with Gasteiger partial charge in [0.1, 0.15) is 5.75 Å². The molecule has 7 nitrogen and oxygen atoms in total. The first-order chi connectivity index (χ1) is 16.4. The lowest BCUT2D eigenvalue weighted by Crippen LogP contribution is -2.20. The Morgan fingerprint density at radius 2 is 2.00 bits per heavy atom. The van der Waals surface area contributed by atoms with Crippen molar-refractivity contribution in [2.45, 2.75) is 31.7 Å². The molecule has 2 aromatic carbocycles.